The summed E-state index contributed by atoms with van der Waals surface area (Å²) in [5.41, 5.74) is 13.3. The number of nitrogens with zero attached hydrogens (tertiary/aromatic N) is 3. The number of aliphatic hydroxyl groups excluding tert-OH is 2. The van der Waals surface area contributed by atoms with Crippen molar-refractivity contribution in [3.05, 3.63) is 104 Å². The maximum absolute atomic E-state index is 12.3. The highest BCUT2D eigenvalue weighted by Gasteiger charge is 2.41. The first-order valence-electron chi connectivity index (χ1n) is 15.9. The summed E-state index contributed by atoms with van der Waals surface area (Å²) in [7, 11) is 1.41. The summed E-state index contributed by atoms with van der Waals surface area (Å²) in [6.45, 7) is 14.2. The number of rotatable bonds is 8. The molecule has 8 bridgehead atoms. The van der Waals surface area contributed by atoms with Crippen LogP contribution in [0.15, 0.2) is 119 Å². The summed E-state index contributed by atoms with van der Waals surface area (Å²) in [4.78, 5) is 27.5. The predicted molar refractivity (Wildman–Crippen MR) is 179 cm³/mol. The van der Waals surface area contributed by atoms with Crippen LogP contribution in [0.5, 0.6) is 0 Å². The number of aliphatic hydroxyl groups is 2. The van der Waals surface area contributed by atoms with E-state index in [2.05, 4.69) is 38.7 Å². The van der Waals surface area contributed by atoms with Gasteiger partial charge in [-0.1, -0.05) is 19.9 Å². The molecule has 6 aliphatic rings. The molecule has 0 aromatic rings. The van der Waals surface area contributed by atoms with Crippen molar-refractivity contribution in [1.29, 1.82) is 0 Å². The number of nitrogens with one attached hydrogen (secondary N) is 1. The lowest BCUT2D eigenvalue weighted by Crippen LogP contribution is -2.16. The fraction of sp³-hybridized carbons (Fsp3) is 0.405. The van der Waals surface area contributed by atoms with Crippen LogP contribution in [0.3, 0.4) is 0 Å². The third-order valence-corrected chi connectivity index (χ3v) is 9.97. The normalized spacial score (nSPS) is 24.5. The van der Waals surface area contributed by atoms with Gasteiger partial charge in [0.05, 0.1) is 47.4 Å². The summed E-state index contributed by atoms with van der Waals surface area (Å²) < 4.78 is 4.99. The molecule has 8 nitrogen and oxygen atoms in total. The van der Waals surface area contributed by atoms with E-state index in [9.17, 15) is 15.0 Å². The number of hydrogen-bond acceptors (Lipinski definition) is 8. The topological polar surface area (TPSA) is 116 Å². The van der Waals surface area contributed by atoms with E-state index in [0.717, 1.165) is 91.1 Å². The highest BCUT2D eigenvalue weighted by Crippen LogP contribution is 2.46. The van der Waals surface area contributed by atoms with Crippen LogP contribution in [-0.2, 0) is 9.53 Å². The van der Waals surface area contributed by atoms with Gasteiger partial charge in [-0.05, 0) is 87.0 Å². The van der Waals surface area contributed by atoms with Crippen molar-refractivity contribution in [3.8, 4) is 0 Å². The lowest BCUT2D eigenvalue weighted by atomic mass is 9.86. The molecule has 45 heavy (non-hydrogen) atoms. The molecule has 0 saturated carbocycles. The minimum atomic E-state index is -0.702. The number of carbonyl (C=O) groups excluding carboxylic acids is 1. The second kappa shape index (κ2) is 11.9. The van der Waals surface area contributed by atoms with E-state index in [1.165, 1.54) is 7.11 Å². The van der Waals surface area contributed by atoms with Crippen LogP contribution in [0.1, 0.15) is 73.1 Å². The maximum Gasteiger partial charge on any atom is 0.305 e. The van der Waals surface area contributed by atoms with Crippen molar-refractivity contribution in [2.45, 2.75) is 79.2 Å². The zero-order valence-electron chi connectivity index (χ0n) is 27.0. The molecule has 5 heterocycles. The minimum Gasteiger partial charge on any atom is -0.511 e. The highest BCUT2D eigenvalue weighted by molar-refractivity contribution is 6.21. The Labute approximate surface area is 265 Å². The molecule has 0 aromatic carbocycles. The standard InChI is InChI=1S/C37H42N4O4/c1-8-10-11-31(42)34-20(5)27-15-26-19(4)23(12-13-33(44)45-7)36(40-26)24-14-32(43)35-21(6)28(41-37(24)35)16-29-22(9-2)18(3)25(38-29)17-30(34)39-27/h8,15-17,19,23,31,40,42-43H,1,9-14H2,2-7H3/t19-,23-,31?/m0/s1. The molecule has 3 N–H and O–H groups in total. The molecule has 1 aliphatic carbocycles. The SMILES string of the molecule is C=CCCC(O)C1=C(C)C2=NC1=CC1=NC(=CC3=C(C)C4=C(O)CC(=C5NC(=C2)[C@@H](C)[C@@H]5CCC(=O)OC)C4=N3)C(CC)=C1C. The van der Waals surface area contributed by atoms with Gasteiger partial charge in [0.1, 0.15) is 5.76 Å². The summed E-state index contributed by atoms with van der Waals surface area (Å²) in [6, 6.07) is 0. The highest BCUT2D eigenvalue weighted by atomic mass is 16.5. The smallest absolute Gasteiger partial charge is 0.305 e. The fourth-order valence-electron chi connectivity index (χ4n) is 7.34. The average Bonchev–Trinajstić information content (AvgIpc) is 3.77. The first-order valence-corrected chi connectivity index (χ1v) is 15.9. The van der Waals surface area contributed by atoms with Gasteiger partial charge in [-0.3, -0.25) is 4.79 Å². The molecule has 8 heteroatoms. The van der Waals surface area contributed by atoms with Crippen molar-refractivity contribution in [2.75, 3.05) is 7.11 Å². The number of carbonyl (C=O) groups is 1. The first kappa shape index (κ1) is 30.7. The van der Waals surface area contributed by atoms with E-state index < -0.39 is 6.10 Å². The van der Waals surface area contributed by atoms with Crippen LogP contribution >= 0.6 is 0 Å². The Kier molecular flexibility index (Phi) is 8.12. The molecule has 1 unspecified atom stereocenters. The Balaban J connectivity index is 1.58. The summed E-state index contributed by atoms with van der Waals surface area (Å²) >= 11 is 0. The molecule has 234 valence electrons. The largest absolute Gasteiger partial charge is 0.511 e. The minimum absolute atomic E-state index is 0.0172. The van der Waals surface area contributed by atoms with E-state index in [0.29, 0.717) is 31.4 Å². The van der Waals surface area contributed by atoms with Gasteiger partial charge in [0.25, 0.3) is 0 Å². The molecule has 0 spiro atoms. The number of hydrogen-bond donors (Lipinski definition) is 3. The lowest BCUT2D eigenvalue weighted by molar-refractivity contribution is -0.140. The zero-order valence-corrected chi connectivity index (χ0v) is 27.0. The third-order valence-electron chi connectivity index (χ3n) is 9.97. The van der Waals surface area contributed by atoms with E-state index in [1.807, 2.05) is 32.1 Å². The van der Waals surface area contributed by atoms with Gasteiger partial charge in [-0.15, -0.1) is 6.58 Å². The molecule has 6 rings (SSSR count). The molecular weight excluding hydrogens is 564 g/mol. The summed E-state index contributed by atoms with van der Waals surface area (Å²) in [5, 5.41) is 26.3. The van der Waals surface area contributed by atoms with Crippen LogP contribution in [0.2, 0.25) is 0 Å². The van der Waals surface area contributed by atoms with E-state index in [4.69, 9.17) is 19.7 Å². The fourth-order valence-corrected chi connectivity index (χ4v) is 7.34. The van der Waals surface area contributed by atoms with Gasteiger partial charge in [-0.25, -0.2) is 15.0 Å². The Morgan fingerprint density at radius 2 is 1.84 bits per heavy atom. The van der Waals surface area contributed by atoms with Crippen LogP contribution in [-0.4, -0.2) is 46.5 Å². The lowest BCUT2D eigenvalue weighted by Gasteiger charge is -2.17. The maximum atomic E-state index is 12.3. The zero-order chi connectivity index (χ0) is 32.2. The molecule has 1 fully saturated rings. The van der Waals surface area contributed by atoms with Crippen LogP contribution in [0.25, 0.3) is 0 Å². The number of aliphatic imine (C=N–C) groups is 3. The van der Waals surface area contributed by atoms with Crippen molar-refractivity contribution >= 4 is 23.1 Å². The van der Waals surface area contributed by atoms with Gasteiger partial charge in [0.15, 0.2) is 0 Å². The van der Waals surface area contributed by atoms with Crippen molar-refractivity contribution in [1.82, 2.24) is 5.32 Å². The van der Waals surface area contributed by atoms with Gasteiger partial charge < -0.3 is 20.3 Å². The quantitative estimate of drug-likeness (QED) is 0.205. The molecule has 3 atom stereocenters. The van der Waals surface area contributed by atoms with E-state index in [1.54, 1.807) is 0 Å². The number of ether oxygens (including phenoxy) is 1. The van der Waals surface area contributed by atoms with Crippen LogP contribution in [0.4, 0.5) is 0 Å². The molecule has 1 saturated heterocycles. The van der Waals surface area contributed by atoms with Gasteiger partial charge in [0, 0.05) is 52.8 Å². The average molecular weight is 607 g/mol. The monoisotopic (exact) mass is 606 g/mol. The molecule has 0 amide bonds. The van der Waals surface area contributed by atoms with Gasteiger partial charge >= 0.3 is 5.97 Å². The molecule has 0 radical (unpaired) electrons. The number of esters is 1. The second-order valence-electron chi connectivity index (χ2n) is 12.5. The van der Waals surface area contributed by atoms with E-state index in [-0.39, 0.29) is 24.2 Å². The second-order valence-corrected chi connectivity index (χ2v) is 12.5. The predicted octanol–water partition coefficient (Wildman–Crippen LogP) is 6.94. The third kappa shape index (κ3) is 5.15. The van der Waals surface area contributed by atoms with Crippen molar-refractivity contribution in [2.24, 2.45) is 26.8 Å². The summed E-state index contributed by atoms with van der Waals surface area (Å²) in [6.07, 6.45) is 10.5. The summed E-state index contributed by atoms with van der Waals surface area (Å²) in [5.74, 6) is 0.0753. The Morgan fingerprint density at radius 1 is 1.11 bits per heavy atom. The Hall–Kier alpha value is -4.30. The van der Waals surface area contributed by atoms with Crippen molar-refractivity contribution in [3.63, 3.8) is 0 Å². The van der Waals surface area contributed by atoms with Gasteiger partial charge in [0.2, 0.25) is 0 Å². The number of methoxy groups -OCH3 is 1. The molecule has 0 aromatic heterocycles. The molecular formula is C37H42N4O4. The first-order chi connectivity index (χ1) is 21.6. The Bertz CT molecular complexity index is 1770. The number of fused-ring (bicyclic) bond motifs is 5. The van der Waals surface area contributed by atoms with Crippen LogP contribution < -0.4 is 5.32 Å². The van der Waals surface area contributed by atoms with Crippen LogP contribution in [0, 0.1) is 11.8 Å². The van der Waals surface area contributed by atoms with Gasteiger partial charge in [-0.2, -0.15) is 0 Å². The Morgan fingerprint density at radius 3 is 2.56 bits per heavy atom. The van der Waals surface area contributed by atoms with Crippen molar-refractivity contribution < 1.29 is 19.7 Å². The van der Waals surface area contributed by atoms with E-state index >= 15 is 0 Å². The number of allylic oxidation sites excluding steroid dienone is 12. The molecule has 5 aliphatic heterocycles.